The average molecular weight is 281 g/mol. The van der Waals surface area contributed by atoms with Gasteiger partial charge >= 0.3 is 0 Å². The van der Waals surface area contributed by atoms with Crippen LogP contribution in [-0.4, -0.2) is 30.6 Å². The number of nitrogens with one attached hydrogen (secondary N) is 3. The van der Waals surface area contributed by atoms with Crippen molar-refractivity contribution in [3.8, 4) is 0 Å². The highest BCUT2D eigenvalue weighted by atomic mass is 32.2. The van der Waals surface area contributed by atoms with E-state index in [-0.39, 0.29) is 4.90 Å². The lowest BCUT2D eigenvalue weighted by atomic mass is 10.3. The molecule has 2 rings (SSSR count). The first-order chi connectivity index (χ1) is 8.95. The minimum Gasteiger partial charge on any atom is -0.372 e. The van der Waals surface area contributed by atoms with Gasteiger partial charge in [-0.3, -0.25) is 9.82 Å². The quantitative estimate of drug-likeness (QED) is 0.783. The van der Waals surface area contributed by atoms with E-state index in [0.717, 1.165) is 0 Å². The molecule has 19 heavy (non-hydrogen) atoms. The Morgan fingerprint density at radius 3 is 2.63 bits per heavy atom. The van der Waals surface area contributed by atoms with E-state index >= 15 is 0 Å². The Labute approximate surface area is 111 Å². The second-order valence-corrected chi connectivity index (χ2v) is 5.67. The molecule has 0 aromatic carbocycles. The van der Waals surface area contributed by atoms with E-state index in [1.54, 1.807) is 27.0 Å². The molecule has 0 aliphatic carbocycles. The highest BCUT2D eigenvalue weighted by Gasteiger charge is 2.21. The number of H-pyrrole nitrogens is 1. The van der Waals surface area contributed by atoms with Crippen molar-refractivity contribution in [2.24, 2.45) is 0 Å². The first-order valence-electron chi connectivity index (χ1n) is 5.63. The molecule has 2 aromatic heterocycles. The number of hydrogen-bond donors (Lipinski definition) is 3. The lowest BCUT2D eigenvalue weighted by Crippen LogP contribution is -2.16. The number of nitrogens with zero attached hydrogens (tertiary/aromatic N) is 2. The van der Waals surface area contributed by atoms with Crippen LogP contribution in [0.15, 0.2) is 23.2 Å². The third-order valence-corrected chi connectivity index (χ3v) is 4.04. The first kappa shape index (κ1) is 13.3. The normalized spacial score (nSPS) is 11.3. The van der Waals surface area contributed by atoms with E-state index < -0.39 is 10.0 Å². The molecule has 7 nitrogen and oxygen atoms in total. The van der Waals surface area contributed by atoms with E-state index in [1.807, 2.05) is 0 Å². The van der Waals surface area contributed by atoms with Crippen LogP contribution in [0, 0.1) is 13.8 Å². The summed E-state index contributed by atoms with van der Waals surface area (Å²) >= 11 is 0. The highest BCUT2D eigenvalue weighted by molar-refractivity contribution is 7.92. The molecule has 0 atom stereocenters. The van der Waals surface area contributed by atoms with Crippen molar-refractivity contribution in [1.29, 1.82) is 0 Å². The summed E-state index contributed by atoms with van der Waals surface area (Å²) in [5.74, 6) is 0.300. The molecule has 0 saturated carbocycles. The van der Waals surface area contributed by atoms with Crippen LogP contribution in [0.4, 0.5) is 11.5 Å². The van der Waals surface area contributed by atoms with Gasteiger partial charge in [-0.15, -0.1) is 0 Å². The standard InChI is InChI=1S/C11H15N5O2S/c1-7-10(8(2)15-14-7)16-19(17,18)9-5-4-6-13-11(9)12-3/h4-6,16H,1-3H3,(H,12,13)(H,14,15). The summed E-state index contributed by atoms with van der Waals surface area (Å²) in [6, 6.07) is 3.07. The van der Waals surface area contributed by atoms with Crippen molar-refractivity contribution in [3.05, 3.63) is 29.7 Å². The number of hydrogen-bond acceptors (Lipinski definition) is 5. The number of aromatic amines is 1. The second kappa shape index (κ2) is 4.88. The zero-order valence-corrected chi connectivity index (χ0v) is 11.7. The Bertz CT molecular complexity index is 673. The minimum absolute atomic E-state index is 0.0949. The van der Waals surface area contributed by atoms with Crippen molar-refractivity contribution < 1.29 is 8.42 Å². The minimum atomic E-state index is -3.71. The van der Waals surface area contributed by atoms with Gasteiger partial charge in [-0.1, -0.05) is 0 Å². The molecule has 102 valence electrons. The highest BCUT2D eigenvalue weighted by Crippen LogP contribution is 2.24. The zero-order valence-electron chi connectivity index (χ0n) is 10.9. The van der Waals surface area contributed by atoms with Crippen molar-refractivity contribution in [1.82, 2.24) is 15.2 Å². The summed E-state index contributed by atoms with van der Waals surface area (Å²) in [5, 5.41) is 9.44. The number of aryl methyl sites for hydroxylation is 2. The van der Waals surface area contributed by atoms with E-state index in [2.05, 4.69) is 25.2 Å². The molecule has 0 unspecified atom stereocenters. The van der Waals surface area contributed by atoms with Crippen molar-refractivity contribution in [2.75, 3.05) is 17.1 Å². The molecule has 2 heterocycles. The Hall–Kier alpha value is -2.09. The summed E-state index contributed by atoms with van der Waals surface area (Å²) in [5.41, 5.74) is 1.72. The van der Waals surface area contributed by atoms with E-state index in [4.69, 9.17) is 0 Å². The molecule has 0 radical (unpaired) electrons. The van der Waals surface area contributed by atoms with E-state index in [0.29, 0.717) is 22.9 Å². The largest absolute Gasteiger partial charge is 0.372 e. The molecule has 3 N–H and O–H groups in total. The summed E-state index contributed by atoms with van der Waals surface area (Å²) in [4.78, 5) is 4.08. The fourth-order valence-corrected chi connectivity index (χ4v) is 3.03. The number of sulfonamides is 1. The van der Waals surface area contributed by atoms with Crippen LogP contribution in [0.25, 0.3) is 0 Å². The smallest absolute Gasteiger partial charge is 0.265 e. The molecule has 0 spiro atoms. The van der Waals surface area contributed by atoms with Gasteiger partial charge in [-0.2, -0.15) is 5.10 Å². The molecule has 2 aromatic rings. The van der Waals surface area contributed by atoms with Gasteiger partial charge in [-0.25, -0.2) is 13.4 Å². The summed E-state index contributed by atoms with van der Waals surface area (Å²) < 4.78 is 27.2. The van der Waals surface area contributed by atoms with Gasteiger partial charge in [0.25, 0.3) is 10.0 Å². The molecular formula is C11H15N5O2S. The summed E-state index contributed by atoms with van der Waals surface area (Å²) in [6.07, 6.45) is 1.53. The molecule has 0 saturated heterocycles. The van der Waals surface area contributed by atoms with Gasteiger partial charge in [0, 0.05) is 13.2 Å². The molecule has 8 heteroatoms. The molecule has 0 aliphatic heterocycles. The van der Waals surface area contributed by atoms with Crippen LogP contribution in [0.5, 0.6) is 0 Å². The first-order valence-corrected chi connectivity index (χ1v) is 7.11. The van der Waals surface area contributed by atoms with Gasteiger partial charge in [0.15, 0.2) is 0 Å². The molecule has 0 amide bonds. The zero-order chi connectivity index (χ0) is 14.0. The van der Waals surface area contributed by atoms with Crippen molar-refractivity contribution >= 4 is 21.5 Å². The lowest BCUT2D eigenvalue weighted by Gasteiger charge is -2.11. The maximum atomic E-state index is 12.4. The summed E-state index contributed by atoms with van der Waals surface area (Å²) in [7, 11) is -2.09. The number of aromatic nitrogens is 3. The van der Waals surface area contributed by atoms with Gasteiger partial charge in [0.1, 0.15) is 10.7 Å². The van der Waals surface area contributed by atoms with Gasteiger partial charge in [0.2, 0.25) is 0 Å². The lowest BCUT2D eigenvalue weighted by molar-refractivity contribution is 0.601. The van der Waals surface area contributed by atoms with Gasteiger partial charge < -0.3 is 5.32 Å². The fourth-order valence-electron chi connectivity index (χ4n) is 1.69. The molecule has 0 aliphatic rings. The molecule has 0 bridgehead atoms. The topological polar surface area (TPSA) is 99.8 Å². The number of anilines is 2. The van der Waals surface area contributed by atoms with Crippen molar-refractivity contribution in [3.63, 3.8) is 0 Å². The van der Waals surface area contributed by atoms with Crippen molar-refractivity contribution in [2.45, 2.75) is 18.7 Å². The second-order valence-electron chi connectivity index (χ2n) is 4.01. The van der Waals surface area contributed by atoms with Gasteiger partial charge in [-0.05, 0) is 26.0 Å². The fraction of sp³-hybridized carbons (Fsp3) is 0.273. The molecule has 0 fully saturated rings. The predicted molar refractivity (Wildman–Crippen MR) is 72.7 cm³/mol. The maximum absolute atomic E-state index is 12.4. The number of pyridine rings is 1. The maximum Gasteiger partial charge on any atom is 0.265 e. The van der Waals surface area contributed by atoms with Gasteiger partial charge in [0.05, 0.1) is 17.1 Å². The molecular weight excluding hydrogens is 266 g/mol. The van der Waals surface area contributed by atoms with Crippen LogP contribution >= 0.6 is 0 Å². The Morgan fingerprint density at radius 1 is 1.32 bits per heavy atom. The van der Waals surface area contributed by atoms with Crippen LogP contribution < -0.4 is 10.0 Å². The number of rotatable bonds is 4. The Morgan fingerprint density at radius 2 is 2.05 bits per heavy atom. The SMILES string of the molecule is CNc1ncccc1S(=O)(=O)Nc1c(C)n[nH]c1C. The Balaban J connectivity index is 2.44. The van der Waals surface area contributed by atoms with E-state index in [9.17, 15) is 8.42 Å². The third-order valence-electron chi connectivity index (χ3n) is 2.66. The third kappa shape index (κ3) is 2.53. The monoisotopic (exact) mass is 281 g/mol. The Kier molecular flexibility index (Phi) is 3.43. The van der Waals surface area contributed by atoms with Crippen LogP contribution in [0.3, 0.4) is 0 Å². The van der Waals surface area contributed by atoms with Crippen LogP contribution in [0.1, 0.15) is 11.4 Å². The average Bonchev–Trinajstić information content (AvgIpc) is 2.70. The van der Waals surface area contributed by atoms with E-state index in [1.165, 1.54) is 12.3 Å². The van der Waals surface area contributed by atoms with Crippen LogP contribution in [-0.2, 0) is 10.0 Å². The summed E-state index contributed by atoms with van der Waals surface area (Å²) in [6.45, 7) is 3.48. The van der Waals surface area contributed by atoms with Crippen LogP contribution in [0.2, 0.25) is 0 Å². The predicted octanol–water partition coefficient (Wildman–Crippen LogP) is 1.26.